The first kappa shape index (κ1) is 12.5. The Bertz CT molecular complexity index is 348. The number of hydrogen-bond acceptors (Lipinski definition) is 4. The van der Waals surface area contributed by atoms with Crippen molar-refractivity contribution in [3.8, 4) is 0 Å². The summed E-state index contributed by atoms with van der Waals surface area (Å²) in [5.74, 6) is 0. The smallest absolute Gasteiger partial charge is 0.0949 e. The lowest BCUT2D eigenvalue weighted by Gasteiger charge is -2.38. The predicted molar refractivity (Wildman–Crippen MR) is 68.9 cm³/mol. The van der Waals surface area contributed by atoms with Gasteiger partial charge in [-0.05, 0) is 21.1 Å². The Balaban J connectivity index is 2.01. The summed E-state index contributed by atoms with van der Waals surface area (Å²) >= 11 is 0. The molecule has 1 aromatic rings. The molecule has 0 bridgehead atoms. The standard InChI is InChI=1S/C12H23N5/c1-13-6-11-7-14-10-17(11)9-12-8-15(2)4-5-16(12)3/h7,10,12-13H,4-6,8-9H2,1-3H3. The van der Waals surface area contributed by atoms with Crippen molar-refractivity contribution in [1.82, 2.24) is 24.7 Å². The zero-order valence-electron chi connectivity index (χ0n) is 11.1. The van der Waals surface area contributed by atoms with Crippen molar-refractivity contribution in [3.63, 3.8) is 0 Å². The number of imidazole rings is 1. The van der Waals surface area contributed by atoms with Crippen LogP contribution in [0.3, 0.4) is 0 Å². The number of nitrogens with zero attached hydrogens (tertiary/aromatic N) is 4. The van der Waals surface area contributed by atoms with Crippen LogP contribution in [0.2, 0.25) is 0 Å². The Hall–Kier alpha value is -0.910. The molecule has 17 heavy (non-hydrogen) atoms. The largest absolute Gasteiger partial charge is 0.332 e. The number of piperazine rings is 1. The number of hydrogen-bond donors (Lipinski definition) is 1. The molecule has 1 saturated heterocycles. The van der Waals surface area contributed by atoms with Crippen molar-refractivity contribution >= 4 is 0 Å². The van der Waals surface area contributed by atoms with Crippen LogP contribution < -0.4 is 5.32 Å². The molecule has 0 saturated carbocycles. The Morgan fingerprint density at radius 2 is 2.24 bits per heavy atom. The van der Waals surface area contributed by atoms with Crippen LogP contribution in [0.25, 0.3) is 0 Å². The van der Waals surface area contributed by atoms with Crippen molar-refractivity contribution in [2.75, 3.05) is 40.8 Å². The molecule has 2 heterocycles. The van der Waals surface area contributed by atoms with E-state index in [1.807, 2.05) is 19.6 Å². The quantitative estimate of drug-likeness (QED) is 0.790. The average molecular weight is 237 g/mol. The van der Waals surface area contributed by atoms with Gasteiger partial charge in [-0.2, -0.15) is 0 Å². The van der Waals surface area contributed by atoms with Gasteiger partial charge in [0.25, 0.3) is 0 Å². The molecule has 5 heteroatoms. The van der Waals surface area contributed by atoms with Crippen LogP contribution in [0, 0.1) is 0 Å². The second-order valence-corrected chi connectivity index (χ2v) is 4.96. The summed E-state index contributed by atoms with van der Waals surface area (Å²) in [6.45, 7) is 5.36. The van der Waals surface area contributed by atoms with E-state index in [1.54, 1.807) is 0 Å². The highest BCUT2D eigenvalue weighted by atomic mass is 15.3. The van der Waals surface area contributed by atoms with Gasteiger partial charge in [0, 0.05) is 45.0 Å². The van der Waals surface area contributed by atoms with Crippen LogP contribution in [-0.2, 0) is 13.1 Å². The Morgan fingerprint density at radius 3 is 3.00 bits per heavy atom. The van der Waals surface area contributed by atoms with Crippen molar-refractivity contribution in [2.45, 2.75) is 19.1 Å². The number of likely N-dealkylation sites (N-methyl/N-ethyl adjacent to an activating group) is 2. The molecule has 0 amide bonds. The summed E-state index contributed by atoms with van der Waals surface area (Å²) in [6, 6.07) is 0.582. The van der Waals surface area contributed by atoms with E-state index in [9.17, 15) is 0 Å². The minimum absolute atomic E-state index is 0.582. The third-order valence-corrected chi connectivity index (χ3v) is 3.54. The highest BCUT2D eigenvalue weighted by Gasteiger charge is 2.22. The van der Waals surface area contributed by atoms with Crippen molar-refractivity contribution in [1.29, 1.82) is 0 Å². The van der Waals surface area contributed by atoms with Gasteiger partial charge in [0.1, 0.15) is 0 Å². The summed E-state index contributed by atoms with van der Waals surface area (Å²) in [4.78, 5) is 9.09. The summed E-state index contributed by atoms with van der Waals surface area (Å²) in [6.07, 6.45) is 3.89. The van der Waals surface area contributed by atoms with Crippen LogP contribution in [0.1, 0.15) is 5.69 Å². The van der Waals surface area contributed by atoms with E-state index in [4.69, 9.17) is 0 Å². The molecule has 0 spiro atoms. The second kappa shape index (κ2) is 5.62. The Labute approximate surface area is 103 Å². The maximum Gasteiger partial charge on any atom is 0.0949 e. The van der Waals surface area contributed by atoms with Crippen molar-refractivity contribution in [2.24, 2.45) is 0 Å². The third kappa shape index (κ3) is 3.06. The fraction of sp³-hybridized carbons (Fsp3) is 0.750. The topological polar surface area (TPSA) is 36.3 Å². The lowest BCUT2D eigenvalue weighted by Crippen LogP contribution is -2.51. The van der Waals surface area contributed by atoms with Crippen LogP contribution in [0.15, 0.2) is 12.5 Å². The van der Waals surface area contributed by atoms with Gasteiger partial charge in [-0.25, -0.2) is 4.98 Å². The van der Waals surface area contributed by atoms with Crippen LogP contribution in [0.5, 0.6) is 0 Å². The fourth-order valence-corrected chi connectivity index (χ4v) is 2.37. The molecule has 1 N–H and O–H groups in total. The van der Waals surface area contributed by atoms with Gasteiger partial charge < -0.3 is 14.8 Å². The van der Waals surface area contributed by atoms with E-state index < -0.39 is 0 Å². The first-order chi connectivity index (χ1) is 8.20. The van der Waals surface area contributed by atoms with Crippen LogP contribution in [0.4, 0.5) is 0 Å². The molecule has 1 fully saturated rings. The fourth-order valence-electron chi connectivity index (χ4n) is 2.37. The minimum Gasteiger partial charge on any atom is -0.332 e. The molecule has 96 valence electrons. The molecule has 1 aliphatic heterocycles. The third-order valence-electron chi connectivity index (χ3n) is 3.54. The summed E-state index contributed by atoms with van der Waals surface area (Å²) in [7, 11) is 6.38. The normalized spacial score (nSPS) is 23.1. The van der Waals surface area contributed by atoms with E-state index in [0.717, 1.165) is 26.2 Å². The Kier molecular flexibility index (Phi) is 4.15. The highest BCUT2D eigenvalue weighted by Crippen LogP contribution is 2.10. The molecule has 2 rings (SSSR count). The van der Waals surface area contributed by atoms with Crippen LogP contribution >= 0.6 is 0 Å². The Morgan fingerprint density at radius 1 is 1.41 bits per heavy atom. The molecular formula is C12H23N5. The molecule has 1 unspecified atom stereocenters. The lowest BCUT2D eigenvalue weighted by molar-refractivity contribution is 0.102. The molecular weight excluding hydrogens is 214 g/mol. The summed E-state index contributed by atoms with van der Waals surface area (Å²) in [5, 5.41) is 3.18. The van der Waals surface area contributed by atoms with E-state index >= 15 is 0 Å². The van der Waals surface area contributed by atoms with Gasteiger partial charge in [-0.3, -0.25) is 4.90 Å². The van der Waals surface area contributed by atoms with Gasteiger partial charge in [0.2, 0.25) is 0 Å². The van der Waals surface area contributed by atoms with E-state index in [1.165, 1.54) is 12.2 Å². The first-order valence-electron chi connectivity index (χ1n) is 6.23. The highest BCUT2D eigenvalue weighted by molar-refractivity contribution is 4.99. The van der Waals surface area contributed by atoms with Gasteiger partial charge >= 0.3 is 0 Å². The molecule has 0 radical (unpaired) electrons. The van der Waals surface area contributed by atoms with E-state index in [-0.39, 0.29) is 0 Å². The van der Waals surface area contributed by atoms with Gasteiger partial charge in [0.15, 0.2) is 0 Å². The van der Waals surface area contributed by atoms with Gasteiger partial charge in [0.05, 0.1) is 12.0 Å². The monoisotopic (exact) mass is 237 g/mol. The maximum atomic E-state index is 4.24. The van der Waals surface area contributed by atoms with Crippen molar-refractivity contribution in [3.05, 3.63) is 18.2 Å². The second-order valence-electron chi connectivity index (χ2n) is 4.96. The van der Waals surface area contributed by atoms with E-state index in [0.29, 0.717) is 6.04 Å². The van der Waals surface area contributed by atoms with Gasteiger partial charge in [-0.15, -0.1) is 0 Å². The number of nitrogens with one attached hydrogen (secondary N) is 1. The van der Waals surface area contributed by atoms with Crippen molar-refractivity contribution < 1.29 is 0 Å². The summed E-state index contributed by atoms with van der Waals surface area (Å²) in [5.41, 5.74) is 1.26. The summed E-state index contributed by atoms with van der Waals surface area (Å²) < 4.78 is 2.26. The van der Waals surface area contributed by atoms with Crippen LogP contribution in [-0.4, -0.2) is 66.2 Å². The minimum atomic E-state index is 0.582. The van der Waals surface area contributed by atoms with Gasteiger partial charge in [-0.1, -0.05) is 0 Å². The molecule has 1 aliphatic rings. The molecule has 1 aromatic heterocycles. The lowest BCUT2D eigenvalue weighted by atomic mass is 10.2. The average Bonchev–Trinajstić information content (AvgIpc) is 2.72. The molecule has 0 aliphatic carbocycles. The molecule has 5 nitrogen and oxygen atoms in total. The predicted octanol–water partition coefficient (Wildman–Crippen LogP) is -0.152. The molecule has 0 aromatic carbocycles. The molecule has 1 atom stereocenters. The maximum absolute atomic E-state index is 4.24. The van der Waals surface area contributed by atoms with E-state index in [2.05, 4.69) is 38.8 Å². The zero-order chi connectivity index (χ0) is 12.3. The SMILES string of the molecule is CNCc1cncn1CC1CN(C)CCN1C. The number of aromatic nitrogens is 2. The number of rotatable bonds is 4. The first-order valence-corrected chi connectivity index (χ1v) is 6.23. The zero-order valence-corrected chi connectivity index (χ0v) is 11.1.